The zero-order valence-corrected chi connectivity index (χ0v) is 47.8. The van der Waals surface area contributed by atoms with Crippen molar-refractivity contribution in [3.05, 3.63) is 131 Å². The van der Waals surface area contributed by atoms with Crippen LogP contribution in [0.2, 0.25) is 0 Å². The van der Waals surface area contributed by atoms with E-state index in [9.17, 15) is 14.4 Å². The van der Waals surface area contributed by atoms with Crippen molar-refractivity contribution in [2.75, 3.05) is 68.8 Å². The Bertz CT molecular complexity index is 2890. The van der Waals surface area contributed by atoms with E-state index in [-0.39, 0.29) is 34.2 Å². The highest BCUT2D eigenvalue weighted by Gasteiger charge is 2.30. The molecule has 408 valence electrons. The number of benzene rings is 6. The van der Waals surface area contributed by atoms with E-state index < -0.39 is 23.6 Å². The number of hydrogen-bond donors (Lipinski definition) is 0. The molecule has 0 bridgehead atoms. The Morgan fingerprint density at radius 3 is 1.29 bits per heavy atom. The van der Waals surface area contributed by atoms with E-state index >= 15 is 0 Å². The molecule has 0 heterocycles. The molecular weight excluding hydrogens is 1040 g/mol. The molecule has 18 heteroatoms. The number of rotatable bonds is 17. The van der Waals surface area contributed by atoms with Crippen molar-refractivity contribution in [3.63, 3.8) is 0 Å². The van der Waals surface area contributed by atoms with Crippen molar-refractivity contribution in [2.45, 2.75) is 53.8 Å². The van der Waals surface area contributed by atoms with Crippen molar-refractivity contribution >= 4 is 91.7 Å². The van der Waals surface area contributed by atoms with E-state index in [0.717, 1.165) is 38.2 Å². The van der Waals surface area contributed by atoms with Gasteiger partial charge in [0.05, 0.1) is 59.6 Å². The number of nitrogens with zero attached hydrogens (tertiary/aromatic N) is 3. The number of aliphatic imine (C=N–C) groups is 1. The molecule has 0 saturated heterocycles. The van der Waals surface area contributed by atoms with E-state index in [0.29, 0.717) is 40.1 Å². The Balaban J connectivity index is 0.000000343. The van der Waals surface area contributed by atoms with Gasteiger partial charge in [-0.15, -0.1) is 28.3 Å². The van der Waals surface area contributed by atoms with Gasteiger partial charge in [0.1, 0.15) is 12.6 Å². The maximum absolute atomic E-state index is 12.8. The Kier molecular flexibility index (Phi) is 26.2. The molecule has 0 N–H and O–H groups in total. The monoisotopic (exact) mass is 1100 g/mol. The maximum Gasteiger partial charge on any atom is 0.317 e. The summed E-state index contributed by atoms with van der Waals surface area (Å²) < 4.78 is 49.2. The molecule has 2 unspecified atom stereocenters. The maximum atomic E-state index is 12.8. The van der Waals surface area contributed by atoms with Crippen LogP contribution in [0.3, 0.4) is 0 Å². The molecule has 0 fully saturated rings. The van der Waals surface area contributed by atoms with Crippen LogP contribution < -0.4 is 28.4 Å². The molecule has 2 atom stereocenters. The van der Waals surface area contributed by atoms with Gasteiger partial charge >= 0.3 is 5.97 Å². The Morgan fingerprint density at radius 1 is 0.539 bits per heavy atom. The van der Waals surface area contributed by atoms with Crippen LogP contribution in [-0.4, -0.2) is 104 Å². The van der Waals surface area contributed by atoms with Crippen LogP contribution in [0.15, 0.2) is 124 Å². The number of halogens is 3. The summed E-state index contributed by atoms with van der Waals surface area (Å²) in [5.74, 6) is 2.42. The summed E-state index contributed by atoms with van der Waals surface area (Å²) in [7, 11) is 12.3. The van der Waals surface area contributed by atoms with Gasteiger partial charge in [-0.25, -0.2) is 0 Å². The lowest BCUT2D eigenvalue weighted by Crippen LogP contribution is -2.29. The number of carbonyl (C=O) groups excluding carboxylic acids is 3. The third kappa shape index (κ3) is 18.2. The minimum absolute atomic E-state index is 0.0155. The van der Waals surface area contributed by atoms with Gasteiger partial charge in [-0.3, -0.25) is 19.4 Å². The van der Waals surface area contributed by atoms with Gasteiger partial charge in [0.15, 0.2) is 34.9 Å². The Hall–Kier alpha value is -6.75. The predicted molar refractivity (Wildman–Crippen MR) is 305 cm³/mol. The molecule has 0 aliphatic heterocycles. The van der Waals surface area contributed by atoms with Crippen LogP contribution in [0, 0.1) is 10.8 Å². The molecule has 0 saturated carbocycles. The third-order valence-corrected chi connectivity index (χ3v) is 11.4. The Labute approximate surface area is 461 Å². The summed E-state index contributed by atoms with van der Waals surface area (Å²) in [5.41, 5.74) is 1.90. The molecule has 76 heavy (non-hydrogen) atoms. The fourth-order valence-corrected chi connectivity index (χ4v) is 6.95. The minimum atomic E-state index is -0.764. The standard InChI is InChI=1S/C28H32N2O6.C24H25NO5.C5H9ClO.CH2Cl2/c1-28(2,3)27(31)36-26(24(34-6)21-14-10-12-19-11-8-9-13-20(19)21)30-29-17-18-15-22(32-4)25(35-7)23(16-18)33-5;1-27-21-12-16(13-22(28-2)24(21)30-4)14-25-15-20(26)23(29-3)19-11-7-9-17-8-5-6-10-18(17)19;1-5(2,3)4(6)7;2-1-3/h8-17,24H,1-7H3;5-14,23H,15H2,1-4H3;1-3H3;1H2/b29-17+,30-26-;;;. The molecule has 0 amide bonds. The van der Waals surface area contributed by atoms with Crippen LogP contribution in [0.1, 0.15) is 76.0 Å². The summed E-state index contributed by atoms with van der Waals surface area (Å²) in [6.45, 7) is 10.6. The summed E-state index contributed by atoms with van der Waals surface area (Å²) >= 11 is 14.6. The zero-order chi connectivity index (χ0) is 56.6. The van der Waals surface area contributed by atoms with Crippen LogP contribution >= 0.6 is 34.8 Å². The van der Waals surface area contributed by atoms with Crippen molar-refractivity contribution in [1.29, 1.82) is 0 Å². The van der Waals surface area contributed by atoms with Crippen molar-refractivity contribution in [2.24, 2.45) is 26.0 Å². The molecule has 0 aliphatic carbocycles. The van der Waals surface area contributed by atoms with Crippen LogP contribution in [0.5, 0.6) is 34.5 Å². The number of carbonyl (C=O) groups is 3. The SMILES string of the molecule is CC(C)(C)C(=O)Cl.COc1cc(/C=N/N=C(\OC(=O)C(C)(C)C)C(OC)c2cccc3ccccc23)cc(OC)c1OC.COc1cc(C=NCC(=O)C(OC)c2cccc3ccccc23)cc(OC)c1OC.ClCCl. The first kappa shape index (κ1) is 63.5. The molecular formula is C58H68Cl3N3O12. The summed E-state index contributed by atoms with van der Waals surface area (Å²) in [5, 5.41) is 12.4. The average molecular weight is 1110 g/mol. The lowest BCUT2D eigenvalue weighted by Gasteiger charge is -2.22. The second-order valence-electron chi connectivity index (χ2n) is 18.2. The number of alkyl halides is 2. The highest BCUT2D eigenvalue weighted by Crippen LogP contribution is 2.39. The Morgan fingerprint density at radius 2 is 0.921 bits per heavy atom. The number of hydrogen-bond acceptors (Lipinski definition) is 15. The van der Waals surface area contributed by atoms with E-state index in [1.807, 2.05) is 84.9 Å². The number of fused-ring (bicyclic) bond motifs is 2. The second kappa shape index (κ2) is 31.3. The van der Waals surface area contributed by atoms with Gasteiger partial charge in [-0.05, 0) is 94.9 Å². The number of methoxy groups -OCH3 is 8. The van der Waals surface area contributed by atoms with E-state index in [1.54, 1.807) is 93.4 Å². The van der Waals surface area contributed by atoms with Gasteiger partial charge in [-0.1, -0.05) is 106 Å². The fraction of sp³-hybridized carbons (Fsp3) is 0.345. The molecule has 0 radical (unpaired) electrons. The first-order chi connectivity index (χ1) is 36.2. The summed E-state index contributed by atoms with van der Waals surface area (Å²) in [6.07, 6.45) is 1.66. The topological polar surface area (TPSA) is 171 Å². The largest absolute Gasteiger partial charge is 0.493 e. The van der Waals surface area contributed by atoms with Gasteiger partial charge in [0, 0.05) is 31.4 Å². The fourth-order valence-electron chi connectivity index (χ4n) is 6.95. The molecule has 0 spiro atoms. The zero-order valence-electron chi connectivity index (χ0n) is 45.5. The highest BCUT2D eigenvalue weighted by atomic mass is 35.5. The van der Waals surface area contributed by atoms with E-state index in [4.69, 9.17) is 77.4 Å². The number of ketones is 1. The van der Waals surface area contributed by atoms with E-state index in [2.05, 4.69) is 15.2 Å². The van der Waals surface area contributed by atoms with Crippen molar-refractivity contribution in [1.82, 2.24) is 0 Å². The average Bonchev–Trinajstić information content (AvgIpc) is 3.40. The molecule has 6 rings (SSSR count). The summed E-state index contributed by atoms with van der Waals surface area (Å²) in [6, 6.07) is 34.5. The van der Waals surface area contributed by atoms with Gasteiger partial charge in [-0.2, -0.15) is 5.10 Å². The van der Waals surface area contributed by atoms with Gasteiger partial charge in [0.25, 0.3) is 5.90 Å². The van der Waals surface area contributed by atoms with E-state index in [1.165, 1.54) is 41.8 Å². The normalized spacial score (nSPS) is 12.2. The lowest BCUT2D eigenvalue weighted by molar-refractivity contribution is -0.145. The number of Topliss-reactive ketones (excluding diaryl/α,β-unsaturated/α-hetero) is 1. The number of esters is 1. The highest BCUT2D eigenvalue weighted by molar-refractivity contribution is 6.64. The molecule has 6 aromatic carbocycles. The molecule has 6 aromatic rings. The molecule has 0 aliphatic rings. The lowest BCUT2D eigenvalue weighted by atomic mass is 9.97. The quantitative estimate of drug-likeness (QED) is 0.0212. The van der Waals surface area contributed by atoms with Crippen LogP contribution in [0.25, 0.3) is 21.5 Å². The minimum Gasteiger partial charge on any atom is -0.493 e. The number of ether oxygens (including phenoxy) is 9. The third-order valence-electron chi connectivity index (χ3n) is 10.8. The van der Waals surface area contributed by atoms with Gasteiger partial charge < -0.3 is 42.6 Å². The van der Waals surface area contributed by atoms with Crippen LogP contribution in [0.4, 0.5) is 0 Å². The second-order valence-corrected chi connectivity index (χ2v) is 19.3. The first-order valence-electron chi connectivity index (χ1n) is 23.5. The first-order valence-corrected chi connectivity index (χ1v) is 24.9. The van der Waals surface area contributed by atoms with Crippen molar-refractivity contribution in [3.8, 4) is 34.5 Å². The molecule has 15 nitrogen and oxygen atoms in total. The predicted octanol–water partition coefficient (Wildman–Crippen LogP) is 13.0. The molecule has 0 aromatic heterocycles. The summed E-state index contributed by atoms with van der Waals surface area (Å²) in [4.78, 5) is 40.2. The smallest absolute Gasteiger partial charge is 0.317 e. The van der Waals surface area contributed by atoms with Gasteiger partial charge in [0.2, 0.25) is 16.7 Å². The van der Waals surface area contributed by atoms with Crippen molar-refractivity contribution < 1.29 is 57.0 Å². The van der Waals surface area contributed by atoms with Crippen LogP contribution in [-0.2, 0) is 28.6 Å².